The first-order chi connectivity index (χ1) is 12.8. The SMILES string of the molecule is CC(=O)N1c2ccc([N+](=O)[O-])cc2[C@@H](N(C(C)=O)c2ccccc2)C[C@@H]1C. The van der Waals surface area contributed by atoms with E-state index in [2.05, 4.69) is 0 Å². The number of rotatable bonds is 3. The van der Waals surface area contributed by atoms with Crippen LogP contribution in [0, 0.1) is 10.1 Å². The Hall–Kier alpha value is -3.22. The maximum absolute atomic E-state index is 12.5. The molecule has 0 radical (unpaired) electrons. The Balaban J connectivity index is 2.20. The van der Waals surface area contributed by atoms with Crippen molar-refractivity contribution in [2.75, 3.05) is 9.80 Å². The van der Waals surface area contributed by atoms with E-state index in [1.165, 1.54) is 26.0 Å². The predicted molar refractivity (Wildman–Crippen MR) is 103 cm³/mol. The lowest BCUT2D eigenvalue weighted by atomic mass is 9.89. The summed E-state index contributed by atoms with van der Waals surface area (Å²) >= 11 is 0. The lowest BCUT2D eigenvalue weighted by Gasteiger charge is -2.43. The number of amides is 2. The molecule has 1 aliphatic heterocycles. The highest BCUT2D eigenvalue weighted by atomic mass is 16.6. The highest BCUT2D eigenvalue weighted by Gasteiger charge is 2.37. The van der Waals surface area contributed by atoms with Crippen LogP contribution in [-0.2, 0) is 9.59 Å². The largest absolute Gasteiger partial charge is 0.309 e. The van der Waals surface area contributed by atoms with E-state index < -0.39 is 11.0 Å². The van der Waals surface area contributed by atoms with Crippen LogP contribution in [0.1, 0.15) is 38.8 Å². The third-order valence-corrected chi connectivity index (χ3v) is 4.87. The second-order valence-electron chi connectivity index (χ2n) is 6.71. The van der Waals surface area contributed by atoms with Gasteiger partial charge in [-0.15, -0.1) is 0 Å². The highest BCUT2D eigenvalue weighted by molar-refractivity contribution is 5.96. The molecule has 0 bridgehead atoms. The molecule has 0 N–H and O–H groups in total. The number of hydrogen-bond acceptors (Lipinski definition) is 4. The topological polar surface area (TPSA) is 83.8 Å². The van der Waals surface area contributed by atoms with Gasteiger partial charge in [-0.2, -0.15) is 0 Å². The lowest BCUT2D eigenvalue weighted by molar-refractivity contribution is -0.384. The van der Waals surface area contributed by atoms with Gasteiger partial charge >= 0.3 is 0 Å². The second kappa shape index (κ2) is 7.19. The second-order valence-corrected chi connectivity index (χ2v) is 6.71. The molecule has 0 saturated carbocycles. The summed E-state index contributed by atoms with van der Waals surface area (Å²) in [6.45, 7) is 4.87. The molecule has 0 saturated heterocycles. The van der Waals surface area contributed by atoms with Gasteiger partial charge in [0.2, 0.25) is 11.8 Å². The fourth-order valence-corrected chi connectivity index (χ4v) is 3.83. The normalized spacial score (nSPS) is 18.6. The number of anilines is 2. The van der Waals surface area contributed by atoms with E-state index >= 15 is 0 Å². The number of non-ortho nitro benzene ring substituents is 1. The van der Waals surface area contributed by atoms with Gasteiger partial charge < -0.3 is 9.80 Å². The molecule has 7 heteroatoms. The number of carbonyl (C=O) groups excluding carboxylic acids is 2. The summed E-state index contributed by atoms with van der Waals surface area (Å²) in [5.41, 5.74) is 1.87. The van der Waals surface area contributed by atoms with Gasteiger partial charge in [-0.1, -0.05) is 18.2 Å². The van der Waals surface area contributed by atoms with Crippen LogP contribution in [0.4, 0.5) is 17.1 Å². The van der Waals surface area contributed by atoms with Gasteiger partial charge in [-0.05, 0) is 31.5 Å². The van der Waals surface area contributed by atoms with Crippen LogP contribution in [0.25, 0.3) is 0 Å². The van der Waals surface area contributed by atoms with Crippen molar-refractivity contribution in [1.82, 2.24) is 0 Å². The van der Waals surface area contributed by atoms with Crippen LogP contribution in [0.3, 0.4) is 0 Å². The molecule has 0 spiro atoms. The van der Waals surface area contributed by atoms with Gasteiger partial charge in [-0.3, -0.25) is 19.7 Å². The Morgan fingerprint density at radius 2 is 1.81 bits per heavy atom. The van der Waals surface area contributed by atoms with Gasteiger partial charge in [0.05, 0.1) is 11.0 Å². The zero-order valence-corrected chi connectivity index (χ0v) is 15.5. The molecule has 2 aromatic carbocycles. The Morgan fingerprint density at radius 3 is 2.37 bits per heavy atom. The quantitative estimate of drug-likeness (QED) is 0.609. The first-order valence-corrected chi connectivity index (χ1v) is 8.74. The van der Waals surface area contributed by atoms with Gasteiger partial charge in [0.15, 0.2) is 0 Å². The Kier molecular flexibility index (Phi) is 4.94. The van der Waals surface area contributed by atoms with E-state index in [-0.39, 0.29) is 23.5 Å². The van der Waals surface area contributed by atoms with Crippen LogP contribution in [-0.4, -0.2) is 22.8 Å². The minimum absolute atomic E-state index is 0.0617. The minimum Gasteiger partial charge on any atom is -0.309 e. The van der Waals surface area contributed by atoms with E-state index in [1.807, 2.05) is 37.3 Å². The maximum atomic E-state index is 12.5. The molecule has 1 heterocycles. The first kappa shape index (κ1) is 18.6. The molecule has 0 aliphatic carbocycles. The molecule has 140 valence electrons. The summed E-state index contributed by atoms with van der Waals surface area (Å²) in [7, 11) is 0. The molecule has 0 unspecified atom stereocenters. The molecule has 0 aromatic heterocycles. The fourth-order valence-electron chi connectivity index (χ4n) is 3.83. The molecule has 3 rings (SSSR count). The molecule has 2 amide bonds. The molecule has 1 aliphatic rings. The average Bonchev–Trinajstić information content (AvgIpc) is 2.61. The third-order valence-electron chi connectivity index (χ3n) is 4.87. The summed E-state index contributed by atoms with van der Waals surface area (Å²) in [4.78, 5) is 38.8. The van der Waals surface area contributed by atoms with Crippen molar-refractivity contribution in [3.05, 3.63) is 64.2 Å². The molecule has 2 aromatic rings. The maximum Gasteiger partial charge on any atom is 0.269 e. The number of nitro groups is 1. The summed E-state index contributed by atoms with van der Waals surface area (Å²) in [6.07, 6.45) is 0.488. The van der Waals surface area contributed by atoms with Crippen LogP contribution < -0.4 is 9.80 Å². The highest BCUT2D eigenvalue weighted by Crippen LogP contribution is 2.43. The fraction of sp³-hybridized carbons (Fsp3) is 0.300. The van der Waals surface area contributed by atoms with Crippen molar-refractivity contribution in [2.24, 2.45) is 0 Å². The number of benzene rings is 2. The van der Waals surface area contributed by atoms with E-state index in [0.717, 1.165) is 5.69 Å². The zero-order valence-electron chi connectivity index (χ0n) is 15.5. The molecule has 0 fully saturated rings. The van der Waals surface area contributed by atoms with Gasteiger partial charge in [-0.25, -0.2) is 0 Å². The standard InChI is InChI=1S/C20H21N3O4/c1-13-11-20(22(15(3)25)16-7-5-4-6-8-16)18-12-17(23(26)27)9-10-19(18)21(13)14(2)24/h4-10,12-13,20H,11H2,1-3H3/t13-,20-/m0/s1. The van der Waals surface area contributed by atoms with Crippen molar-refractivity contribution in [3.8, 4) is 0 Å². The molecule has 7 nitrogen and oxygen atoms in total. The van der Waals surface area contributed by atoms with Crippen LogP contribution in [0.5, 0.6) is 0 Å². The van der Waals surface area contributed by atoms with Crippen molar-refractivity contribution in [2.45, 2.75) is 39.3 Å². The zero-order chi connectivity index (χ0) is 19.7. The third kappa shape index (κ3) is 3.40. The number of nitro benzene ring substituents is 1. The molecular formula is C20H21N3O4. The predicted octanol–water partition coefficient (Wildman–Crippen LogP) is 3.83. The smallest absolute Gasteiger partial charge is 0.269 e. The van der Waals surface area contributed by atoms with Crippen LogP contribution >= 0.6 is 0 Å². The summed E-state index contributed by atoms with van der Waals surface area (Å²) in [5, 5.41) is 11.3. The monoisotopic (exact) mass is 367 g/mol. The first-order valence-electron chi connectivity index (χ1n) is 8.74. The number of para-hydroxylation sites is 1. The number of fused-ring (bicyclic) bond motifs is 1. The van der Waals surface area contributed by atoms with E-state index in [4.69, 9.17) is 0 Å². The summed E-state index contributed by atoms with van der Waals surface area (Å²) in [5.74, 6) is -0.294. The number of nitrogens with zero attached hydrogens (tertiary/aromatic N) is 3. The Morgan fingerprint density at radius 1 is 1.15 bits per heavy atom. The van der Waals surface area contributed by atoms with Crippen molar-refractivity contribution < 1.29 is 14.5 Å². The number of carbonyl (C=O) groups is 2. The average molecular weight is 367 g/mol. The van der Waals surface area contributed by atoms with E-state index in [0.29, 0.717) is 17.7 Å². The minimum atomic E-state index is -0.464. The Labute approximate surface area is 157 Å². The van der Waals surface area contributed by atoms with Crippen LogP contribution in [0.2, 0.25) is 0 Å². The van der Waals surface area contributed by atoms with Gasteiger partial charge in [0.1, 0.15) is 0 Å². The molecular weight excluding hydrogens is 346 g/mol. The Bertz CT molecular complexity index is 897. The summed E-state index contributed by atoms with van der Waals surface area (Å²) < 4.78 is 0. The lowest BCUT2D eigenvalue weighted by Crippen LogP contribution is -2.46. The van der Waals surface area contributed by atoms with Crippen LogP contribution in [0.15, 0.2) is 48.5 Å². The van der Waals surface area contributed by atoms with E-state index in [9.17, 15) is 19.7 Å². The number of hydrogen-bond donors (Lipinski definition) is 0. The van der Waals surface area contributed by atoms with Gasteiger partial charge in [0.25, 0.3) is 5.69 Å². The summed E-state index contributed by atoms with van der Waals surface area (Å²) in [6, 6.07) is 13.1. The van der Waals surface area contributed by atoms with Gasteiger partial charge in [0, 0.05) is 49.0 Å². The van der Waals surface area contributed by atoms with E-state index in [1.54, 1.807) is 15.9 Å². The van der Waals surface area contributed by atoms with Crippen molar-refractivity contribution in [1.29, 1.82) is 0 Å². The molecule has 2 atom stereocenters. The molecule has 27 heavy (non-hydrogen) atoms. The van der Waals surface area contributed by atoms with Crippen molar-refractivity contribution >= 4 is 28.9 Å². The van der Waals surface area contributed by atoms with Crippen molar-refractivity contribution in [3.63, 3.8) is 0 Å².